The number of nitrogens with zero attached hydrogens (tertiary/aromatic N) is 4. The molecule has 3 heterocycles. The van der Waals surface area contributed by atoms with E-state index in [2.05, 4.69) is 28.7 Å². The van der Waals surface area contributed by atoms with Gasteiger partial charge in [0, 0.05) is 43.0 Å². The van der Waals surface area contributed by atoms with Crippen molar-refractivity contribution in [2.45, 2.75) is 84.1 Å². The number of piperidine rings is 1. The Balaban J connectivity index is 1.75. The van der Waals surface area contributed by atoms with E-state index in [9.17, 15) is 4.79 Å². The van der Waals surface area contributed by atoms with Crippen molar-refractivity contribution in [1.82, 2.24) is 14.9 Å². The standard InChI is InChI=1S/C21H34BClN4O3/c1-15(2)27(14-17-9-7-8-10-26(17)18(28)11-23)19-24-12-16(13-25-19)22-29-20(3,4)21(5,6)30-22/h12-13,15,17H,7-11,14H2,1-6H3. The third-order valence-corrected chi connectivity index (χ3v) is 6.76. The Hall–Kier alpha value is -1.38. The second-order valence-electron chi connectivity index (χ2n) is 9.52. The molecule has 9 heteroatoms. The molecule has 166 valence electrons. The van der Waals surface area contributed by atoms with Crippen LogP contribution in [0.2, 0.25) is 0 Å². The Kier molecular flexibility index (Phi) is 6.99. The molecule has 1 unspecified atom stereocenters. The van der Waals surface area contributed by atoms with Crippen LogP contribution in [0.3, 0.4) is 0 Å². The second-order valence-corrected chi connectivity index (χ2v) is 9.79. The van der Waals surface area contributed by atoms with Crippen LogP contribution in [-0.2, 0) is 14.1 Å². The minimum Gasteiger partial charge on any atom is -0.399 e. The van der Waals surface area contributed by atoms with E-state index in [0.717, 1.165) is 31.3 Å². The minimum absolute atomic E-state index is 0.00194. The molecule has 0 radical (unpaired) electrons. The van der Waals surface area contributed by atoms with Gasteiger partial charge in [-0.1, -0.05) is 0 Å². The zero-order valence-corrected chi connectivity index (χ0v) is 19.8. The predicted octanol–water partition coefficient (Wildman–Crippen LogP) is 2.61. The topological polar surface area (TPSA) is 67.8 Å². The highest BCUT2D eigenvalue weighted by Crippen LogP contribution is 2.36. The highest BCUT2D eigenvalue weighted by atomic mass is 35.5. The quantitative estimate of drug-likeness (QED) is 0.504. The summed E-state index contributed by atoms with van der Waals surface area (Å²) in [5.74, 6) is 0.675. The van der Waals surface area contributed by atoms with Crippen LogP contribution >= 0.6 is 11.6 Å². The van der Waals surface area contributed by atoms with Crippen molar-refractivity contribution in [2.24, 2.45) is 0 Å². The van der Waals surface area contributed by atoms with Crippen molar-refractivity contribution in [3.8, 4) is 0 Å². The molecule has 3 rings (SSSR count). The Morgan fingerprint density at radius 2 is 1.83 bits per heavy atom. The fourth-order valence-corrected chi connectivity index (χ4v) is 4.08. The van der Waals surface area contributed by atoms with Crippen LogP contribution in [0.5, 0.6) is 0 Å². The molecule has 0 N–H and O–H groups in total. The lowest BCUT2D eigenvalue weighted by atomic mass is 9.81. The Morgan fingerprint density at radius 3 is 2.37 bits per heavy atom. The van der Waals surface area contributed by atoms with E-state index < -0.39 is 18.3 Å². The average molecular weight is 437 g/mol. The summed E-state index contributed by atoms with van der Waals surface area (Å²) in [7, 11) is -0.480. The molecular formula is C21H34BClN4O3. The number of aromatic nitrogens is 2. The molecule has 7 nitrogen and oxygen atoms in total. The van der Waals surface area contributed by atoms with Gasteiger partial charge in [-0.05, 0) is 60.8 Å². The highest BCUT2D eigenvalue weighted by Gasteiger charge is 2.52. The molecule has 2 saturated heterocycles. The van der Waals surface area contributed by atoms with Crippen molar-refractivity contribution in [3.05, 3.63) is 12.4 Å². The van der Waals surface area contributed by atoms with Gasteiger partial charge < -0.3 is 19.1 Å². The van der Waals surface area contributed by atoms with Crippen LogP contribution in [0, 0.1) is 0 Å². The molecule has 0 aromatic carbocycles. The zero-order chi connectivity index (χ0) is 22.1. The van der Waals surface area contributed by atoms with Gasteiger partial charge in [0.15, 0.2) is 0 Å². The summed E-state index contributed by atoms with van der Waals surface area (Å²) in [6.45, 7) is 13.8. The van der Waals surface area contributed by atoms with Crippen LogP contribution in [-0.4, -0.2) is 70.1 Å². The van der Waals surface area contributed by atoms with Crippen LogP contribution < -0.4 is 10.4 Å². The highest BCUT2D eigenvalue weighted by molar-refractivity contribution is 6.61. The maximum absolute atomic E-state index is 12.3. The van der Waals surface area contributed by atoms with Gasteiger partial charge in [-0.3, -0.25) is 4.79 Å². The molecule has 30 heavy (non-hydrogen) atoms. The van der Waals surface area contributed by atoms with Crippen molar-refractivity contribution in [3.63, 3.8) is 0 Å². The van der Waals surface area contributed by atoms with Gasteiger partial charge in [0.2, 0.25) is 11.9 Å². The molecule has 0 spiro atoms. The number of hydrogen-bond acceptors (Lipinski definition) is 6. The molecule has 2 aliphatic heterocycles. The van der Waals surface area contributed by atoms with Crippen LogP contribution in [0.1, 0.15) is 60.8 Å². The molecular weight excluding hydrogens is 403 g/mol. The van der Waals surface area contributed by atoms with Gasteiger partial charge in [-0.15, -0.1) is 11.6 Å². The van der Waals surface area contributed by atoms with E-state index in [0.29, 0.717) is 12.5 Å². The minimum atomic E-state index is -0.480. The van der Waals surface area contributed by atoms with Crippen molar-refractivity contribution in [1.29, 1.82) is 0 Å². The number of alkyl halides is 1. The lowest BCUT2D eigenvalue weighted by Gasteiger charge is -2.39. The van der Waals surface area contributed by atoms with Gasteiger partial charge in [-0.25, -0.2) is 9.97 Å². The first-order valence-corrected chi connectivity index (χ1v) is 11.4. The van der Waals surface area contributed by atoms with Crippen LogP contribution in [0.4, 0.5) is 5.95 Å². The van der Waals surface area contributed by atoms with Crippen molar-refractivity contribution >= 4 is 36.0 Å². The van der Waals surface area contributed by atoms with E-state index in [1.165, 1.54) is 0 Å². The molecule has 2 aliphatic rings. The lowest BCUT2D eigenvalue weighted by Crippen LogP contribution is -2.51. The van der Waals surface area contributed by atoms with E-state index in [1.807, 2.05) is 32.6 Å². The maximum Gasteiger partial charge on any atom is 0.498 e. The van der Waals surface area contributed by atoms with Gasteiger partial charge in [0.05, 0.1) is 11.2 Å². The summed E-state index contributed by atoms with van der Waals surface area (Å²) in [5.41, 5.74) is -0.00270. The fraction of sp³-hybridized carbons (Fsp3) is 0.762. The third-order valence-electron chi connectivity index (χ3n) is 6.53. The smallest absolute Gasteiger partial charge is 0.399 e. The first-order chi connectivity index (χ1) is 14.1. The monoisotopic (exact) mass is 436 g/mol. The Labute approximate surface area is 185 Å². The summed E-state index contributed by atoms with van der Waals surface area (Å²) in [6, 6.07) is 0.321. The normalized spacial score (nSPS) is 23.1. The van der Waals surface area contributed by atoms with Gasteiger partial charge >= 0.3 is 7.12 Å². The molecule has 1 aromatic rings. The SMILES string of the molecule is CC(C)N(CC1CCCCN1C(=O)CCl)c1ncc(B2OC(C)(C)C(C)(C)O2)cn1. The fourth-order valence-electron chi connectivity index (χ4n) is 3.93. The van der Waals surface area contributed by atoms with Crippen LogP contribution in [0.25, 0.3) is 0 Å². The van der Waals surface area contributed by atoms with Crippen molar-refractivity contribution in [2.75, 3.05) is 23.9 Å². The third kappa shape index (κ3) is 4.76. The molecule has 2 fully saturated rings. The van der Waals surface area contributed by atoms with E-state index in [-0.39, 0.29) is 23.9 Å². The molecule has 1 aromatic heterocycles. The number of anilines is 1. The first kappa shape index (κ1) is 23.3. The number of halogens is 1. The summed E-state index contributed by atoms with van der Waals surface area (Å²) in [6.07, 6.45) is 6.67. The van der Waals surface area contributed by atoms with Gasteiger partial charge in [0.25, 0.3) is 0 Å². The Bertz CT molecular complexity index is 728. The average Bonchev–Trinajstić information content (AvgIpc) is 2.93. The molecule has 0 aliphatic carbocycles. The molecule has 0 bridgehead atoms. The number of carbonyl (C=O) groups excluding carboxylic acids is 1. The number of carbonyl (C=O) groups is 1. The number of amides is 1. The molecule has 0 saturated carbocycles. The predicted molar refractivity (Wildman–Crippen MR) is 120 cm³/mol. The number of likely N-dealkylation sites (tertiary alicyclic amines) is 1. The van der Waals surface area contributed by atoms with E-state index in [1.54, 1.807) is 12.4 Å². The van der Waals surface area contributed by atoms with E-state index in [4.69, 9.17) is 20.9 Å². The lowest BCUT2D eigenvalue weighted by molar-refractivity contribution is -0.131. The number of hydrogen-bond donors (Lipinski definition) is 0. The summed E-state index contributed by atoms with van der Waals surface area (Å²) < 4.78 is 12.2. The van der Waals surface area contributed by atoms with Gasteiger partial charge in [-0.2, -0.15) is 0 Å². The first-order valence-electron chi connectivity index (χ1n) is 10.9. The number of rotatable bonds is 6. The van der Waals surface area contributed by atoms with Gasteiger partial charge in [0.1, 0.15) is 5.88 Å². The molecule has 1 atom stereocenters. The maximum atomic E-state index is 12.3. The summed E-state index contributed by atoms with van der Waals surface area (Å²) in [4.78, 5) is 25.6. The largest absolute Gasteiger partial charge is 0.498 e. The second kappa shape index (κ2) is 9.01. The Morgan fingerprint density at radius 1 is 1.23 bits per heavy atom. The summed E-state index contributed by atoms with van der Waals surface area (Å²) in [5, 5.41) is 0. The zero-order valence-electron chi connectivity index (χ0n) is 19.0. The van der Waals surface area contributed by atoms with Crippen LogP contribution in [0.15, 0.2) is 12.4 Å². The summed E-state index contributed by atoms with van der Waals surface area (Å²) >= 11 is 5.83. The molecule has 1 amide bonds. The van der Waals surface area contributed by atoms with E-state index >= 15 is 0 Å². The van der Waals surface area contributed by atoms with Crippen molar-refractivity contribution < 1.29 is 14.1 Å².